The number of aliphatic hydroxyl groups excluding tert-OH is 1. The average Bonchev–Trinajstić information content (AvgIpc) is 2.72. The van der Waals surface area contributed by atoms with Gasteiger partial charge in [-0.1, -0.05) is 41.9 Å². The first kappa shape index (κ1) is 12.6. The van der Waals surface area contributed by atoms with Crippen LogP contribution in [0.5, 0.6) is 0 Å². The van der Waals surface area contributed by atoms with Gasteiger partial charge in [0.1, 0.15) is 5.82 Å². The van der Waals surface area contributed by atoms with Crippen LogP contribution in [0.1, 0.15) is 22.8 Å². The lowest BCUT2D eigenvalue weighted by Crippen LogP contribution is -2.10. The SMILES string of the molecule is OC1c2ccccc2CC1Cc1ccc(Cl)c(F)c1. The van der Waals surface area contributed by atoms with Crippen LogP contribution in [0.2, 0.25) is 5.02 Å². The van der Waals surface area contributed by atoms with Gasteiger partial charge >= 0.3 is 0 Å². The molecule has 0 aromatic heterocycles. The van der Waals surface area contributed by atoms with E-state index >= 15 is 0 Å². The molecule has 1 nitrogen and oxygen atoms in total. The molecule has 0 bridgehead atoms. The Hall–Kier alpha value is -1.38. The molecule has 0 fully saturated rings. The van der Waals surface area contributed by atoms with Gasteiger partial charge in [-0.05, 0) is 47.6 Å². The maximum absolute atomic E-state index is 13.4. The second kappa shape index (κ2) is 4.95. The van der Waals surface area contributed by atoms with Crippen LogP contribution in [0.25, 0.3) is 0 Å². The van der Waals surface area contributed by atoms with Gasteiger partial charge in [-0.3, -0.25) is 0 Å². The molecule has 2 unspecified atom stereocenters. The van der Waals surface area contributed by atoms with Crippen LogP contribution in [0.15, 0.2) is 42.5 Å². The third kappa shape index (κ3) is 2.38. The van der Waals surface area contributed by atoms with Crippen LogP contribution in [0.4, 0.5) is 4.39 Å². The fourth-order valence-corrected chi connectivity index (χ4v) is 2.93. The summed E-state index contributed by atoms with van der Waals surface area (Å²) < 4.78 is 13.4. The van der Waals surface area contributed by atoms with Gasteiger partial charge in [-0.15, -0.1) is 0 Å². The highest BCUT2D eigenvalue weighted by atomic mass is 35.5. The molecule has 98 valence electrons. The van der Waals surface area contributed by atoms with Gasteiger partial charge < -0.3 is 5.11 Å². The molecule has 0 heterocycles. The normalized spacial score (nSPS) is 21.4. The summed E-state index contributed by atoms with van der Waals surface area (Å²) in [6.07, 6.45) is 1.03. The maximum Gasteiger partial charge on any atom is 0.142 e. The molecule has 0 radical (unpaired) electrons. The third-order valence-electron chi connectivity index (χ3n) is 3.78. The summed E-state index contributed by atoms with van der Waals surface area (Å²) in [4.78, 5) is 0. The van der Waals surface area contributed by atoms with Crippen molar-refractivity contribution < 1.29 is 9.50 Å². The molecule has 1 N–H and O–H groups in total. The van der Waals surface area contributed by atoms with Crippen LogP contribution < -0.4 is 0 Å². The lowest BCUT2D eigenvalue weighted by atomic mass is 9.94. The molecule has 2 aromatic carbocycles. The summed E-state index contributed by atoms with van der Waals surface area (Å²) in [6.45, 7) is 0. The van der Waals surface area contributed by atoms with Crippen LogP contribution in [0, 0.1) is 11.7 Å². The number of benzene rings is 2. The Kier molecular flexibility index (Phi) is 3.29. The van der Waals surface area contributed by atoms with Gasteiger partial charge in [0.2, 0.25) is 0 Å². The molecule has 1 aliphatic carbocycles. The molecule has 19 heavy (non-hydrogen) atoms. The Balaban J connectivity index is 1.80. The van der Waals surface area contributed by atoms with E-state index in [0.717, 1.165) is 17.5 Å². The Morgan fingerprint density at radius 1 is 1.21 bits per heavy atom. The quantitative estimate of drug-likeness (QED) is 0.881. The second-order valence-corrected chi connectivity index (χ2v) is 5.47. The van der Waals surface area contributed by atoms with E-state index in [1.807, 2.05) is 30.3 Å². The minimum absolute atomic E-state index is 0.109. The molecule has 0 amide bonds. The maximum atomic E-state index is 13.4. The summed E-state index contributed by atoms with van der Waals surface area (Å²) in [5.74, 6) is -0.290. The Bertz CT molecular complexity index is 611. The average molecular weight is 277 g/mol. The van der Waals surface area contributed by atoms with E-state index in [1.165, 1.54) is 11.6 Å². The predicted octanol–water partition coefficient (Wildman–Crippen LogP) is 3.93. The van der Waals surface area contributed by atoms with Gasteiger partial charge in [-0.2, -0.15) is 0 Å². The number of fused-ring (bicyclic) bond motifs is 1. The number of rotatable bonds is 2. The van der Waals surface area contributed by atoms with Gasteiger partial charge in [0.25, 0.3) is 0 Å². The number of halogens is 2. The monoisotopic (exact) mass is 276 g/mol. The van der Waals surface area contributed by atoms with Crippen molar-refractivity contribution in [3.8, 4) is 0 Å². The standard InChI is InChI=1S/C16H14ClFO/c17-14-6-5-10(8-15(14)18)7-12-9-11-3-1-2-4-13(11)16(12)19/h1-6,8,12,16,19H,7,9H2. The fraction of sp³-hybridized carbons (Fsp3) is 0.250. The lowest BCUT2D eigenvalue weighted by Gasteiger charge is -2.15. The van der Waals surface area contributed by atoms with Crippen molar-refractivity contribution in [3.05, 3.63) is 70.0 Å². The molecule has 3 rings (SSSR count). The highest BCUT2D eigenvalue weighted by Crippen LogP contribution is 2.37. The topological polar surface area (TPSA) is 20.2 Å². The minimum atomic E-state index is -0.463. The molecule has 2 aromatic rings. The summed E-state index contributed by atoms with van der Waals surface area (Å²) in [7, 11) is 0. The Labute approximate surface area is 116 Å². The lowest BCUT2D eigenvalue weighted by molar-refractivity contribution is 0.123. The summed E-state index contributed by atoms with van der Waals surface area (Å²) in [5.41, 5.74) is 3.06. The van der Waals surface area contributed by atoms with Gasteiger partial charge in [0.05, 0.1) is 11.1 Å². The van der Waals surface area contributed by atoms with E-state index in [0.29, 0.717) is 6.42 Å². The van der Waals surface area contributed by atoms with Gasteiger partial charge in [0, 0.05) is 0 Å². The van der Waals surface area contributed by atoms with Crippen molar-refractivity contribution in [3.63, 3.8) is 0 Å². The number of aliphatic hydroxyl groups is 1. The van der Waals surface area contributed by atoms with Crippen molar-refractivity contribution in [1.29, 1.82) is 0 Å². The predicted molar refractivity (Wildman–Crippen MR) is 73.7 cm³/mol. The Morgan fingerprint density at radius 3 is 2.74 bits per heavy atom. The number of hydrogen-bond donors (Lipinski definition) is 1. The minimum Gasteiger partial charge on any atom is -0.388 e. The molecule has 0 spiro atoms. The largest absolute Gasteiger partial charge is 0.388 e. The molecule has 3 heteroatoms. The van der Waals surface area contributed by atoms with Crippen molar-refractivity contribution >= 4 is 11.6 Å². The van der Waals surface area contributed by atoms with E-state index in [2.05, 4.69) is 0 Å². The highest BCUT2D eigenvalue weighted by molar-refractivity contribution is 6.30. The van der Waals surface area contributed by atoms with Crippen molar-refractivity contribution in [2.45, 2.75) is 18.9 Å². The van der Waals surface area contributed by atoms with E-state index in [-0.39, 0.29) is 10.9 Å². The summed E-state index contributed by atoms with van der Waals surface area (Å²) >= 11 is 5.67. The van der Waals surface area contributed by atoms with Crippen molar-refractivity contribution in [2.75, 3.05) is 0 Å². The van der Waals surface area contributed by atoms with Crippen LogP contribution in [0.3, 0.4) is 0 Å². The number of hydrogen-bond acceptors (Lipinski definition) is 1. The fourth-order valence-electron chi connectivity index (χ4n) is 2.81. The molecule has 0 saturated heterocycles. The van der Waals surface area contributed by atoms with Crippen LogP contribution >= 0.6 is 11.6 Å². The highest BCUT2D eigenvalue weighted by Gasteiger charge is 2.30. The molecule has 2 atom stereocenters. The first-order valence-electron chi connectivity index (χ1n) is 6.35. The van der Waals surface area contributed by atoms with Gasteiger partial charge in [0.15, 0.2) is 0 Å². The zero-order chi connectivity index (χ0) is 13.4. The first-order chi connectivity index (χ1) is 9.15. The zero-order valence-corrected chi connectivity index (χ0v) is 11.1. The summed E-state index contributed by atoms with van der Waals surface area (Å²) in [5, 5.41) is 10.4. The smallest absolute Gasteiger partial charge is 0.142 e. The van der Waals surface area contributed by atoms with Crippen LogP contribution in [-0.2, 0) is 12.8 Å². The van der Waals surface area contributed by atoms with E-state index < -0.39 is 11.9 Å². The first-order valence-corrected chi connectivity index (χ1v) is 6.73. The van der Waals surface area contributed by atoms with Crippen molar-refractivity contribution in [1.82, 2.24) is 0 Å². The molecule has 0 aliphatic heterocycles. The van der Waals surface area contributed by atoms with E-state index in [9.17, 15) is 9.50 Å². The zero-order valence-electron chi connectivity index (χ0n) is 10.3. The van der Waals surface area contributed by atoms with E-state index in [1.54, 1.807) is 6.07 Å². The van der Waals surface area contributed by atoms with Crippen molar-refractivity contribution in [2.24, 2.45) is 5.92 Å². The van der Waals surface area contributed by atoms with Crippen LogP contribution in [-0.4, -0.2) is 5.11 Å². The summed E-state index contributed by atoms with van der Waals surface area (Å²) in [6, 6.07) is 12.8. The Morgan fingerprint density at radius 2 is 2.00 bits per heavy atom. The van der Waals surface area contributed by atoms with Gasteiger partial charge in [-0.25, -0.2) is 4.39 Å². The second-order valence-electron chi connectivity index (χ2n) is 5.06. The molecular formula is C16H14ClFO. The molecule has 0 saturated carbocycles. The van der Waals surface area contributed by atoms with E-state index in [4.69, 9.17) is 11.6 Å². The molecular weight excluding hydrogens is 263 g/mol. The molecule has 1 aliphatic rings. The third-order valence-corrected chi connectivity index (χ3v) is 4.09.